The number of fused-ring (bicyclic) bond motifs is 1. The van der Waals surface area contributed by atoms with E-state index in [1.54, 1.807) is 0 Å². The summed E-state index contributed by atoms with van der Waals surface area (Å²) in [5.41, 5.74) is 1.73. The quantitative estimate of drug-likeness (QED) is 0.582. The molecule has 0 radical (unpaired) electrons. The van der Waals surface area contributed by atoms with Crippen molar-refractivity contribution in [3.8, 4) is 0 Å². The maximum Gasteiger partial charge on any atom is 0.134 e. The zero-order valence-corrected chi connectivity index (χ0v) is 9.52. The van der Waals surface area contributed by atoms with Gasteiger partial charge in [-0.15, -0.1) is 0 Å². The van der Waals surface area contributed by atoms with Gasteiger partial charge in [0.15, 0.2) is 0 Å². The molecule has 0 aliphatic heterocycles. The predicted molar refractivity (Wildman–Crippen MR) is 58.0 cm³/mol. The molecule has 0 aromatic heterocycles. The molecular formula is C13H20O. The number of allylic oxidation sites excluding steroid dienone is 1. The number of carbonyl (C=O) groups is 1. The van der Waals surface area contributed by atoms with Crippen molar-refractivity contribution >= 4 is 5.78 Å². The SMILES string of the molecule is C=C(C)[C@@H]1CC[C@@]2(C)CC(=O)C[C@@]12C. The lowest BCUT2D eigenvalue weighted by Gasteiger charge is -2.38. The lowest BCUT2D eigenvalue weighted by Crippen LogP contribution is -2.32. The maximum atomic E-state index is 11.6. The van der Waals surface area contributed by atoms with Gasteiger partial charge in [0, 0.05) is 12.8 Å². The van der Waals surface area contributed by atoms with Gasteiger partial charge in [-0.3, -0.25) is 4.79 Å². The van der Waals surface area contributed by atoms with Gasteiger partial charge in [0.1, 0.15) is 5.78 Å². The third kappa shape index (κ3) is 1.04. The molecule has 2 aliphatic rings. The second kappa shape index (κ2) is 2.71. The van der Waals surface area contributed by atoms with Crippen molar-refractivity contribution < 1.29 is 4.79 Å². The summed E-state index contributed by atoms with van der Waals surface area (Å²) in [5.74, 6) is 1.03. The lowest BCUT2D eigenvalue weighted by atomic mass is 9.65. The first-order chi connectivity index (χ1) is 6.39. The number of hydrogen-bond donors (Lipinski definition) is 0. The molecule has 3 atom stereocenters. The Hall–Kier alpha value is -0.590. The summed E-state index contributed by atoms with van der Waals surface area (Å²) in [6, 6.07) is 0. The van der Waals surface area contributed by atoms with Crippen molar-refractivity contribution in [3.63, 3.8) is 0 Å². The second-order valence-electron chi connectivity index (χ2n) is 5.81. The topological polar surface area (TPSA) is 17.1 Å². The zero-order valence-electron chi connectivity index (χ0n) is 9.52. The highest BCUT2D eigenvalue weighted by Gasteiger charge is 2.59. The van der Waals surface area contributed by atoms with Gasteiger partial charge >= 0.3 is 0 Å². The molecule has 0 unspecified atom stereocenters. The van der Waals surface area contributed by atoms with E-state index in [-0.39, 0.29) is 10.8 Å². The Morgan fingerprint density at radius 1 is 1.43 bits per heavy atom. The van der Waals surface area contributed by atoms with E-state index in [2.05, 4.69) is 27.4 Å². The van der Waals surface area contributed by atoms with Crippen molar-refractivity contribution in [1.29, 1.82) is 0 Å². The largest absolute Gasteiger partial charge is 0.300 e. The van der Waals surface area contributed by atoms with E-state index >= 15 is 0 Å². The Labute approximate surface area is 86.6 Å². The van der Waals surface area contributed by atoms with Crippen LogP contribution in [0.3, 0.4) is 0 Å². The van der Waals surface area contributed by atoms with E-state index in [9.17, 15) is 4.79 Å². The number of hydrogen-bond acceptors (Lipinski definition) is 1. The molecule has 14 heavy (non-hydrogen) atoms. The van der Waals surface area contributed by atoms with Crippen LogP contribution in [-0.2, 0) is 4.79 Å². The number of carbonyl (C=O) groups excluding carboxylic acids is 1. The minimum absolute atomic E-state index is 0.204. The van der Waals surface area contributed by atoms with E-state index in [0.29, 0.717) is 11.7 Å². The first-order valence-corrected chi connectivity index (χ1v) is 5.56. The molecule has 0 heterocycles. The lowest BCUT2D eigenvalue weighted by molar-refractivity contribution is -0.118. The molecule has 0 bridgehead atoms. The number of Topliss-reactive ketones (excluding diaryl/α,β-unsaturated/α-hetero) is 1. The molecule has 0 aromatic rings. The van der Waals surface area contributed by atoms with E-state index in [4.69, 9.17) is 0 Å². The summed E-state index contributed by atoms with van der Waals surface area (Å²) < 4.78 is 0. The van der Waals surface area contributed by atoms with Gasteiger partial charge in [-0.2, -0.15) is 0 Å². The minimum atomic E-state index is 0.204. The summed E-state index contributed by atoms with van der Waals surface area (Å²) in [4.78, 5) is 11.6. The highest BCUT2D eigenvalue weighted by atomic mass is 16.1. The third-order valence-electron chi connectivity index (χ3n) is 4.88. The third-order valence-corrected chi connectivity index (χ3v) is 4.88. The Bertz CT molecular complexity index is 304. The van der Waals surface area contributed by atoms with Gasteiger partial charge in [0.05, 0.1) is 0 Å². The Morgan fingerprint density at radius 3 is 2.64 bits per heavy atom. The van der Waals surface area contributed by atoms with Crippen molar-refractivity contribution in [2.24, 2.45) is 16.7 Å². The molecule has 2 rings (SSSR count). The Kier molecular flexibility index (Phi) is 1.93. The van der Waals surface area contributed by atoms with E-state index in [0.717, 1.165) is 12.8 Å². The van der Waals surface area contributed by atoms with Gasteiger partial charge in [0.25, 0.3) is 0 Å². The van der Waals surface area contributed by atoms with Crippen LogP contribution in [0.2, 0.25) is 0 Å². The highest BCUT2D eigenvalue weighted by Crippen LogP contribution is 2.65. The summed E-state index contributed by atoms with van der Waals surface area (Å²) in [5, 5.41) is 0. The molecule has 0 amide bonds. The van der Waals surface area contributed by atoms with Gasteiger partial charge < -0.3 is 0 Å². The monoisotopic (exact) mass is 192 g/mol. The molecular weight excluding hydrogens is 172 g/mol. The van der Waals surface area contributed by atoms with Gasteiger partial charge in [-0.05, 0) is 36.5 Å². The van der Waals surface area contributed by atoms with Crippen LogP contribution in [0.1, 0.15) is 46.5 Å². The highest BCUT2D eigenvalue weighted by molar-refractivity contribution is 5.83. The van der Waals surface area contributed by atoms with E-state index in [1.165, 1.54) is 18.4 Å². The first kappa shape index (κ1) is 9.95. The van der Waals surface area contributed by atoms with Gasteiger partial charge in [-0.1, -0.05) is 26.0 Å². The summed E-state index contributed by atoms with van der Waals surface area (Å²) in [7, 11) is 0. The summed E-state index contributed by atoms with van der Waals surface area (Å²) in [6.45, 7) is 10.8. The van der Waals surface area contributed by atoms with Crippen molar-refractivity contribution in [2.75, 3.05) is 0 Å². The number of rotatable bonds is 1. The standard InChI is InChI=1S/C13H20O/c1-9(2)11-5-6-12(3)7-10(14)8-13(11,12)4/h11H,1,5-8H2,2-4H3/t11-,12-,13-/m0/s1. The van der Waals surface area contributed by atoms with Crippen LogP contribution in [0.4, 0.5) is 0 Å². The van der Waals surface area contributed by atoms with Crippen LogP contribution in [0.15, 0.2) is 12.2 Å². The zero-order chi connectivity index (χ0) is 10.6. The van der Waals surface area contributed by atoms with Crippen LogP contribution in [-0.4, -0.2) is 5.78 Å². The molecule has 1 nitrogen and oxygen atoms in total. The maximum absolute atomic E-state index is 11.6. The minimum Gasteiger partial charge on any atom is -0.300 e. The fourth-order valence-electron chi connectivity index (χ4n) is 3.81. The average molecular weight is 192 g/mol. The Morgan fingerprint density at radius 2 is 2.07 bits per heavy atom. The molecule has 0 aromatic carbocycles. The normalized spacial score (nSPS) is 46.8. The van der Waals surface area contributed by atoms with Crippen molar-refractivity contribution in [2.45, 2.75) is 46.5 Å². The summed E-state index contributed by atoms with van der Waals surface area (Å²) in [6.07, 6.45) is 4.01. The number of ketones is 1. The van der Waals surface area contributed by atoms with E-state index < -0.39 is 0 Å². The van der Waals surface area contributed by atoms with Crippen LogP contribution < -0.4 is 0 Å². The predicted octanol–water partition coefficient (Wildman–Crippen LogP) is 3.35. The first-order valence-electron chi connectivity index (χ1n) is 5.56. The second-order valence-corrected chi connectivity index (χ2v) is 5.81. The van der Waals surface area contributed by atoms with Gasteiger partial charge in [0.2, 0.25) is 0 Å². The van der Waals surface area contributed by atoms with Crippen molar-refractivity contribution in [1.82, 2.24) is 0 Å². The summed E-state index contributed by atoms with van der Waals surface area (Å²) >= 11 is 0. The molecule has 2 saturated carbocycles. The average Bonchev–Trinajstić information content (AvgIpc) is 2.34. The van der Waals surface area contributed by atoms with Crippen LogP contribution >= 0.6 is 0 Å². The van der Waals surface area contributed by atoms with Crippen LogP contribution in [0, 0.1) is 16.7 Å². The fourth-order valence-corrected chi connectivity index (χ4v) is 3.81. The molecule has 0 spiro atoms. The van der Waals surface area contributed by atoms with Crippen LogP contribution in [0.5, 0.6) is 0 Å². The molecule has 2 aliphatic carbocycles. The van der Waals surface area contributed by atoms with Gasteiger partial charge in [-0.25, -0.2) is 0 Å². The Balaban J connectivity index is 2.39. The smallest absolute Gasteiger partial charge is 0.134 e. The van der Waals surface area contributed by atoms with Crippen LogP contribution in [0.25, 0.3) is 0 Å². The fraction of sp³-hybridized carbons (Fsp3) is 0.769. The van der Waals surface area contributed by atoms with E-state index in [1.807, 2.05) is 0 Å². The molecule has 1 heteroatoms. The molecule has 2 fully saturated rings. The molecule has 78 valence electrons. The van der Waals surface area contributed by atoms with Crippen molar-refractivity contribution in [3.05, 3.63) is 12.2 Å². The molecule has 0 N–H and O–H groups in total. The molecule has 0 saturated heterocycles.